The van der Waals surface area contributed by atoms with Gasteiger partial charge in [-0.15, -0.1) is 0 Å². The summed E-state index contributed by atoms with van der Waals surface area (Å²) in [5.74, 6) is 0. The molecule has 0 aromatic heterocycles. The fraction of sp³-hybridized carbons (Fsp3) is 0.500. The van der Waals surface area contributed by atoms with E-state index < -0.39 is 30.9 Å². The van der Waals surface area contributed by atoms with Crippen LogP contribution in [0.1, 0.15) is 24.9 Å². The molecule has 0 radical (unpaired) electrons. The normalized spacial score (nSPS) is 16.2. The molecule has 1 N–H and O–H groups in total. The lowest BCUT2D eigenvalue weighted by Crippen LogP contribution is -2.41. The van der Waals surface area contributed by atoms with Gasteiger partial charge in [-0.05, 0) is 12.5 Å². The molecule has 1 rings (SSSR count). The van der Waals surface area contributed by atoms with E-state index in [1.54, 1.807) is 0 Å². The second-order valence-electron chi connectivity index (χ2n) is 4.27. The Kier molecular flexibility index (Phi) is 4.84. The number of nitrogens with one attached hydrogen (secondary N) is 1. The van der Waals surface area contributed by atoms with Gasteiger partial charge in [0.1, 0.15) is 6.04 Å². The molecular weight excluding hydrogens is 272 g/mol. The molecule has 1 aromatic rings. The predicted molar refractivity (Wildman–Crippen MR) is 58.5 cm³/mol. The Morgan fingerprint density at radius 1 is 1.00 bits per heavy atom. The molecule has 0 amide bonds. The number of hydrogen-bond donors (Lipinski definition) is 1. The summed E-state index contributed by atoms with van der Waals surface area (Å²) in [4.78, 5) is 0. The van der Waals surface area contributed by atoms with Crippen LogP contribution in [0, 0.1) is 0 Å². The summed E-state index contributed by atoms with van der Waals surface area (Å²) in [5.41, 5.74) is -0.107. The van der Waals surface area contributed by atoms with Crippen LogP contribution in [0.25, 0.3) is 0 Å². The first-order chi connectivity index (χ1) is 8.59. The molecule has 0 aliphatic heterocycles. The van der Waals surface area contributed by atoms with Gasteiger partial charge in [-0.25, -0.2) is 0 Å². The van der Waals surface area contributed by atoms with Gasteiger partial charge < -0.3 is 0 Å². The zero-order valence-electron chi connectivity index (χ0n) is 10.0. The fourth-order valence-corrected chi connectivity index (χ4v) is 1.72. The van der Waals surface area contributed by atoms with Crippen LogP contribution < -0.4 is 5.32 Å². The zero-order valence-corrected chi connectivity index (χ0v) is 10.0. The monoisotopic (exact) mass is 285 g/mol. The van der Waals surface area contributed by atoms with Gasteiger partial charge >= 0.3 is 12.4 Å². The third kappa shape index (κ3) is 5.50. The van der Waals surface area contributed by atoms with E-state index in [0.29, 0.717) is 0 Å². The molecule has 0 saturated heterocycles. The van der Waals surface area contributed by atoms with Crippen molar-refractivity contribution in [2.75, 3.05) is 0 Å². The van der Waals surface area contributed by atoms with Gasteiger partial charge in [0.15, 0.2) is 0 Å². The number of hydrogen-bond acceptors (Lipinski definition) is 1. The van der Waals surface area contributed by atoms with Crippen LogP contribution in [0.2, 0.25) is 0 Å². The van der Waals surface area contributed by atoms with Crippen LogP contribution in [0.4, 0.5) is 26.3 Å². The van der Waals surface area contributed by atoms with Gasteiger partial charge in [0.05, 0.1) is 6.42 Å². The first-order valence-electron chi connectivity index (χ1n) is 5.54. The Bertz CT molecular complexity index is 383. The van der Waals surface area contributed by atoms with Crippen molar-refractivity contribution in [3.05, 3.63) is 35.9 Å². The van der Waals surface area contributed by atoms with E-state index in [9.17, 15) is 26.3 Å². The first-order valence-corrected chi connectivity index (χ1v) is 5.54. The highest BCUT2D eigenvalue weighted by Gasteiger charge is 2.42. The molecule has 108 valence electrons. The molecule has 2 atom stereocenters. The average Bonchev–Trinajstić information content (AvgIpc) is 2.23. The van der Waals surface area contributed by atoms with Gasteiger partial charge in [-0.1, -0.05) is 30.3 Å². The molecule has 0 saturated carbocycles. The first kappa shape index (κ1) is 15.8. The summed E-state index contributed by atoms with van der Waals surface area (Å²) in [6.45, 7) is 1.08. The van der Waals surface area contributed by atoms with Gasteiger partial charge in [0.25, 0.3) is 0 Å². The van der Waals surface area contributed by atoms with Crippen LogP contribution in [0.5, 0.6) is 0 Å². The van der Waals surface area contributed by atoms with E-state index in [-0.39, 0.29) is 5.56 Å². The van der Waals surface area contributed by atoms with Gasteiger partial charge in [0.2, 0.25) is 0 Å². The van der Waals surface area contributed by atoms with Gasteiger partial charge in [-0.3, -0.25) is 5.32 Å². The fourth-order valence-electron chi connectivity index (χ4n) is 1.72. The Morgan fingerprint density at radius 3 is 1.95 bits per heavy atom. The second-order valence-corrected chi connectivity index (χ2v) is 4.27. The maximum Gasteiger partial charge on any atom is 0.407 e. The number of halogens is 6. The molecule has 0 fully saturated rings. The van der Waals surface area contributed by atoms with Crippen molar-refractivity contribution in [3.8, 4) is 0 Å². The molecule has 1 aromatic carbocycles. The van der Waals surface area contributed by atoms with Crippen molar-refractivity contribution in [1.29, 1.82) is 0 Å². The third-order valence-corrected chi connectivity index (χ3v) is 2.45. The maximum absolute atomic E-state index is 12.9. The Balaban J connectivity index is 2.83. The maximum atomic E-state index is 12.9. The Hall–Kier alpha value is -1.24. The van der Waals surface area contributed by atoms with Gasteiger partial charge in [-0.2, -0.15) is 26.3 Å². The smallest absolute Gasteiger partial charge is 0.300 e. The van der Waals surface area contributed by atoms with Crippen LogP contribution in [-0.4, -0.2) is 18.4 Å². The van der Waals surface area contributed by atoms with E-state index >= 15 is 0 Å². The van der Waals surface area contributed by atoms with Crippen molar-refractivity contribution >= 4 is 0 Å². The third-order valence-electron chi connectivity index (χ3n) is 2.45. The van der Waals surface area contributed by atoms with Crippen LogP contribution in [0.15, 0.2) is 30.3 Å². The molecule has 0 aliphatic rings. The van der Waals surface area contributed by atoms with Crippen molar-refractivity contribution in [3.63, 3.8) is 0 Å². The predicted octanol–water partition coefficient (Wildman–Crippen LogP) is 4.22. The van der Waals surface area contributed by atoms with E-state index in [0.717, 1.165) is 6.92 Å². The highest BCUT2D eigenvalue weighted by Crippen LogP contribution is 2.34. The summed E-state index contributed by atoms with van der Waals surface area (Å²) >= 11 is 0. The van der Waals surface area contributed by atoms with Crippen molar-refractivity contribution in [2.24, 2.45) is 0 Å². The molecule has 19 heavy (non-hydrogen) atoms. The molecule has 1 nitrogen and oxygen atoms in total. The van der Waals surface area contributed by atoms with Crippen molar-refractivity contribution in [2.45, 2.75) is 37.8 Å². The van der Waals surface area contributed by atoms with Crippen LogP contribution >= 0.6 is 0 Å². The minimum absolute atomic E-state index is 0.107. The Labute approximate surface area is 106 Å². The molecule has 0 heterocycles. The van der Waals surface area contributed by atoms with Crippen LogP contribution in [0.3, 0.4) is 0 Å². The zero-order chi connectivity index (χ0) is 14.7. The van der Waals surface area contributed by atoms with E-state index in [4.69, 9.17) is 0 Å². The molecule has 2 unspecified atom stereocenters. The summed E-state index contributed by atoms with van der Waals surface area (Å²) in [6, 6.07) is 3.37. The number of benzene rings is 1. The summed E-state index contributed by atoms with van der Waals surface area (Å²) < 4.78 is 75.0. The minimum atomic E-state index is -4.65. The number of alkyl halides is 6. The standard InChI is InChI=1S/C12H13F6N/c1-8(7-11(13,14)15)19-10(12(16,17)18)9-5-3-2-4-6-9/h2-6,8,10,19H,7H2,1H3. The van der Waals surface area contributed by atoms with Crippen LogP contribution in [-0.2, 0) is 0 Å². The molecule has 0 aliphatic carbocycles. The van der Waals surface area contributed by atoms with E-state index in [2.05, 4.69) is 0 Å². The quantitative estimate of drug-likeness (QED) is 0.817. The summed E-state index contributed by atoms with van der Waals surface area (Å²) in [6.07, 6.45) is -10.5. The summed E-state index contributed by atoms with van der Waals surface area (Å²) in [5, 5.41) is 1.98. The topological polar surface area (TPSA) is 12.0 Å². The second kappa shape index (κ2) is 5.81. The minimum Gasteiger partial charge on any atom is -0.300 e. The number of rotatable bonds is 4. The molecule has 0 bridgehead atoms. The molecule has 7 heteroatoms. The lowest BCUT2D eigenvalue weighted by molar-refractivity contribution is -0.167. The Morgan fingerprint density at radius 2 is 1.53 bits per heavy atom. The van der Waals surface area contributed by atoms with Gasteiger partial charge in [0, 0.05) is 6.04 Å². The molecule has 0 spiro atoms. The highest BCUT2D eigenvalue weighted by molar-refractivity contribution is 5.20. The highest BCUT2D eigenvalue weighted by atomic mass is 19.4. The van der Waals surface area contributed by atoms with E-state index in [1.807, 2.05) is 5.32 Å². The summed E-state index contributed by atoms with van der Waals surface area (Å²) in [7, 11) is 0. The van der Waals surface area contributed by atoms with Crippen molar-refractivity contribution in [1.82, 2.24) is 5.32 Å². The largest absolute Gasteiger partial charge is 0.407 e. The SMILES string of the molecule is CC(CC(F)(F)F)NC(c1ccccc1)C(F)(F)F. The lowest BCUT2D eigenvalue weighted by Gasteiger charge is -2.26. The lowest BCUT2D eigenvalue weighted by atomic mass is 10.0. The van der Waals surface area contributed by atoms with E-state index in [1.165, 1.54) is 30.3 Å². The average molecular weight is 285 g/mol. The van der Waals surface area contributed by atoms with Crippen molar-refractivity contribution < 1.29 is 26.3 Å². The molecular formula is C12H13F6N.